The summed E-state index contributed by atoms with van der Waals surface area (Å²) in [5.74, 6) is 0. The Balaban J connectivity index is 1.91. The molecule has 0 aliphatic heterocycles. The molecule has 2 rings (SSSR count). The zero-order chi connectivity index (χ0) is 12.1. The second-order valence-corrected chi connectivity index (χ2v) is 4.55. The van der Waals surface area contributed by atoms with Gasteiger partial charge in [0.1, 0.15) is 0 Å². The molecule has 0 radical (unpaired) electrons. The lowest BCUT2D eigenvalue weighted by atomic mass is 9.93. The van der Waals surface area contributed by atoms with Gasteiger partial charge in [0.05, 0.1) is 17.7 Å². The Bertz CT molecular complexity index is 403. The molecule has 3 nitrogen and oxygen atoms in total. The number of benzene rings is 1. The molecule has 1 N–H and O–H groups in total. The molecule has 0 saturated heterocycles. The van der Waals surface area contributed by atoms with Gasteiger partial charge in [-0.2, -0.15) is 5.26 Å². The first-order chi connectivity index (χ1) is 8.31. The van der Waals surface area contributed by atoms with E-state index in [1.54, 1.807) is 7.11 Å². The average molecular weight is 230 g/mol. The van der Waals surface area contributed by atoms with Crippen LogP contribution in [0.5, 0.6) is 0 Å². The summed E-state index contributed by atoms with van der Waals surface area (Å²) in [5.41, 5.74) is 1.76. The van der Waals surface area contributed by atoms with Gasteiger partial charge >= 0.3 is 0 Å². The number of hydrogen-bond acceptors (Lipinski definition) is 3. The summed E-state index contributed by atoms with van der Waals surface area (Å²) in [7, 11) is 1.79. The van der Waals surface area contributed by atoms with Crippen LogP contribution in [0.2, 0.25) is 0 Å². The van der Waals surface area contributed by atoms with Crippen molar-refractivity contribution in [3.8, 4) is 6.07 Å². The third-order valence-electron chi connectivity index (χ3n) is 3.37. The Morgan fingerprint density at radius 1 is 1.29 bits per heavy atom. The molecule has 1 aliphatic carbocycles. The van der Waals surface area contributed by atoms with Gasteiger partial charge in [-0.1, -0.05) is 6.07 Å². The summed E-state index contributed by atoms with van der Waals surface area (Å²) in [6, 6.07) is 10.3. The number of nitrogens with one attached hydrogen (secondary N) is 1. The monoisotopic (exact) mass is 230 g/mol. The van der Waals surface area contributed by atoms with E-state index < -0.39 is 0 Å². The first-order valence-corrected chi connectivity index (χ1v) is 6.11. The van der Waals surface area contributed by atoms with Gasteiger partial charge in [-0.05, 0) is 43.9 Å². The first kappa shape index (κ1) is 11.9. The second kappa shape index (κ2) is 5.70. The Kier molecular flexibility index (Phi) is 4.00. The van der Waals surface area contributed by atoms with E-state index in [2.05, 4.69) is 11.4 Å². The largest absolute Gasteiger partial charge is 0.382 e. The summed E-state index contributed by atoms with van der Waals surface area (Å²) in [5, 5.41) is 12.3. The topological polar surface area (TPSA) is 45.0 Å². The highest BCUT2D eigenvalue weighted by atomic mass is 16.5. The average Bonchev–Trinajstić information content (AvgIpc) is 2.40. The number of nitrogens with zero attached hydrogens (tertiary/aromatic N) is 1. The third kappa shape index (κ3) is 3.21. The number of hydrogen-bond donors (Lipinski definition) is 1. The van der Waals surface area contributed by atoms with E-state index in [1.807, 2.05) is 24.3 Å². The van der Waals surface area contributed by atoms with Gasteiger partial charge in [-0.25, -0.2) is 0 Å². The number of nitriles is 1. The van der Waals surface area contributed by atoms with Crippen molar-refractivity contribution in [2.45, 2.75) is 37.8 Å². The summed E-state index contributed by atoms with van der Waals surface area (Å²) in [6.07, 6.45) is 4.93. The molecule has 1 aromatic rings. The second-order valence-electron chi connectivity index (χ2n) is 4.55. The molecule has 17 heavy (non-hydrogen) atoms. The summed E-state index contributed by atoms with van der Waals surface area (Å²) in [6.45, 7) is 0. The predicted octanol–water partition coefficient (Wildman–Crippen LogP) is 2.93. The lowest BCUT2D eigenvalue weighted by Gasteiger charge is -2.28. The van der Waals surface area contributed by atoms with Crippen LogP contribution in [0.25, 0.3) is 0 Å². The molecular formula is C14H18N2O. The summed E-state index contributed by atoms with van der Waals surface area (Å²) in [4.78, 5) is 0. The van der Waals surface area contributed by atoms with E-state index in [4.69, 9.17) is 10.00 Å². The molecule has 90 valence electrons. The van der Waals surface area contributed by atoms with E-state index >= 15 is 0 Å². The Hall–Kier alpha value is -1.53. The van der Waals surface area contributed by atoms with Crippen molar-refractivity contribution >= 4 is 5.69 Å². The van der Waals surface area contributed by atoms with Gasteiger partial charge in [0.25, 0.3) is 0 Å². The first-order valence-electron chi connectivity index (χ1n) is 6.11. The minimum Gasteiger partial charge on any atom is -0.382 e. The van der Waals surface area contributed by atoms with Crippen molar-refractivity contribution < 1.29 is 4.74 Å². The SMILES string of the molecule is COC1CCC(Nc2cccc(C#N)c2)CC1. The fourth-order valence-electron chi connectivity index (χ4n) is 2.36. The lowest BCUT2D eigenvalue weighted by Crippen LogP contribution is -2.29. The Morgan fingerprint density at radius 3 is 2.71 bits per heavy atom. The highest BCUT2D eigenvalue weighted by molar-refractivity contribution is 5.49. The minimum absolute atomic E-state index is 0.429. The number of methoxy groups -OCH3 is 1. The number of ether oxygens (including phenoxy) is 1. The van der Waals surface area contributed by atoms with Crippen molar-refractivity contribution in [2.24, 2.45) is 0 Å². The van der Waals surface area contributed by atoms with Crippen molar-refractivity contribution in [3.05, 3.63) is 29.8 Å². The van der Waals surface area contributed by atoms with Crippen molar-refractivity contribution in [3.63, 3.8) is 0 Å². The smallest absolute Gasteiger partial charge is 0.0992 e. The van der Waals surface area contributed by atoms with E-state index in [9.17, 15) is 0 Å². The molecule has 1 saturated carbocycles. The van der Waals surface area contributed by atoms with Crippen molar-refractivity contribution in [1.82, 2.24) is 0 Å². The van der Waals surface area contributed by atoms with Gasteiger partial charge in [0, 0.05) is 18.8 Å². The molecule has 1 fully saturated rings. The Morgan fingerprint density at radius 2 is 2.06 bits per heavy atom. The zero-order valence-corrected chi connectivity index (χ0v) is 10.1. The van der Waals surface area contributed by atoms with E-state index in [1.165, 1.54) is 0 Å². The maximum absolute atomic E-state index is 8.84. The molecule has 0 bridgehead atoms. The molecular weight excluding hydrogens is 212 g/mol. The van der Waals surface area contributed by atoms with Crippen LogP contribution in [0.4, 0.5) is 5.69 Å². The van der Waals surface area contributed by atoms with E-state index in [0.29, 0.717) is 17.7 Å². The highest BCUT2D eigenvalue weighted by Gasteiger charge is 2.20. The molecule has 1 aromatic carbocycles. The number of anilines is 1. The van der Waals surface area contributed by atoms with Crippen LogP contribution >= 0.6 is 0 Å². The molecule has 0 heterocycles. The van der Waals surface area contributed by atoms with Crippen LogP contribution in [-0.4, -0.2) is 19.3 Å². The molecule has 0 spiro atoms. The third-order valence-corrected chi connectivity index (χ3v) is 3.37. The maximum Gasteiger partial charge on any atom is 0.0992 e. The van der Waals surface area contributed by atoms with Gasteiger partial charge in [0.2, 0.25) is 0 Å². The lowest BCUT2D eigenvalue weighted by molar-refractivity contribution is 0.0682. The molecule has 0 unspecified atom stereocenters. The van der Waals surface area contributed by atoms with Gasteiger partial charge < -0.3 is 10.1 Å². The predicted molar refractivity (Wildman–Crippen MR) is 67.8 cm³/mol. The fourth-order valence-corrected chi connectivity index (χ4v) is 2.36. The molecule has 3 heteroatoms. The fraction of sp³-hybridized carbons (Fsp3) is 0.500. The van der Waals surface area contributed by atoms with Gasteiger partial charge in [-0.3, -0.25) is 0 Å². The standard InChI is InChI=1S/C14H18N2O/c1-17-14-7-5-12(6-8-14)16-13-4-2-3-11(9-13)10-15/h2-4,9,12,14,16H,5-8H2,1H3. The van der Waals surface area contributed by atoms with Crippen LogP contribution < -0.4 is 5.32 Å². The molecule has 0 amide bonds. The molecule has 0 atom stereocenters. The van der Waals surface area contributed by atoms with Crippen LogP contribution in [0, 0.1) is 11.3 Å². The van der Waals surface area contributed by atoms with Crippen molar-refractivity contribution in [1.29, 1.82) is 5.26 Å². The highest BCUT2D eigenvalue weighted by Crippen LogP contribution is 2.24. The van der Waals surface area contributed by atoms with E-state index in [0.717, 1.165) is 31.4 Å². The van der Waals surface area contributed by atoms with Crippen molar-refractivity contribution in [2.75, 3.05) is 12.4 Å². The molecule has 1 aliphatic rings. The maximum atomic E-state index is 8.84. The van der Waals surface area contributed by atoms with Crippen LogP contribution in [0.15, 0.2) is 24.3 Å². The molecule has 0 aromatic heterocycles. The zero-order valence-electron chi connectivity index (χ0n) is 10.1. The van der Waals surface area contributed by atoms with Gasteiger partial charge in [0.15, 0.2) is 0 Å². The van der Waals surface area contributed by atoms with E-state index in [-0.39, 0.29) is 0 Å². The van der Waals surface area contributed by atoms with Crippen LogP contribution in [0.3, 0.4) is 0 Å². The normalized spacial score (nSPS) is 24.0. The summed E-state index contributed by atoms with van der Waals surface area (Å²) < 4.78 is 5.36. The van der Waals surface area contributed by atoms with Crippen LogP contribution in [-0.2, 0) is 4.74 Å². The number of rotatable bonds is 3. The van der Waals surface area contributed by atoms with Gasteiger partial charge in [-0.15, -0.1) is 0 Å². The summed E-state index contributed by atoms with van der Waals surface area (Å²) >= 11 is 0. The Labute approximate surface area is 102 Å². The quantitative estimate of drug-likeness (QED) is 0.868. The van der Waals surface area contributed by atoms with Crippen LogP contribution in [0.1, 0.15) is 31.2 Å². The minimum atomic E-state index is 0.429.